The molecule has 0 aliphatic heterocycles. The van der Waals surface area contributed by atoms with E-state index in [0.717, 1.165) is 44.8 Å². The molecule has 0 saturated heterocycles. The Kier molecular flexibility index (Phi) is 8.53. The largest absolute Gasteiger partial charge is 0.273 e. The minimum absolute atomic E-state index is 0.286. The van der Waals surface area contributed by atoms with Gasteiger partial charge in [-0.1, -0.05) is 182 Å². The van der Waals surface area contributed by atoms with Crippen LogP contribution >= 0.6 is 0 Å². The summed E-state index contributed by atoms with van der Waals surface area (Å²) < 4.78 is 0. The second-order valence-electron chi connectivity index (χ2n) is 10.1. The number of aliphatic imine (C=N–C) groups is 2. The predicted molar refractivity (Wildman–Crippen MR) is 175 cm³/mol. The van der Waals surface area contributed by atoms with Gasteiger partial charge >= 0.3 is 0 Å². The first-order valence-corrected chi connectivity index (χ1v) is 14.3. The molecule has 2 heteroatoms. The highest BCUT2D eigenvalue weighted by molar-refractivity contribution is 6.14. The highest BCUT2D eigenvalue weighted by atomic mass is 14.9. The van der Waals surface area contributed by atoms with E-state index in [-0.39, 0.29) is 12.1 Å². The van der Waals surface area contributed by atoms with Crippen molar-refractivity contribution in [1.82, 2.24) is 0 Å². The molecule has 6 aromatic rings. The fourth-order valence-corrected chi connectivity index (χ4v) is 5.25. The van der Waals surface area contributed by atoms with Crippen LogP contribution in [0.25, 0.3) is 0 Å². The van der Waals surface area contributed by atoms with Crippen molar-refractivity contribution in [2.24, 2.45) is 9.98 Å². The maximum absolute atomic E-state index is 5.61. The molecule has 0 aromatic heterocycles. The average molecular weight is 541 g/mol. The zero-order valence-electron chi connectivity index (χ0n) is 23.4. The molecule has 0 saturated carbocycles. The van der Waals surface area contributed by atoms with Crippen LogP contribution in [0.15, 0.2) is 192 Å². The molecule has 2 nitrogen and oxygen atoms in total. The van der Waals surface area contributed by atoms with E-state index in [9.17, 15) is 0 Å². The Balaban J connectivity index is 1.62. The maximum Gasteiger partial charge on any atom is 0.102 e. The van der Waals surface area contributed by atoms with Gasteiger partial charge in [0.1, 0.15) is 12.1 Å². The third-order valence-electron chi connectivity index (χ3n) is 7.31. The first-order chi connectivity index (χ1) is 20.9. The summed E-state index contributed by atoms with van der Waals surface area (Å²) in [6, 6.07) is 62.4. The summed E-state index contributed by atoms with van der Waals surface area (Å²) >= 11 is 0. The van der Waals surface area contributed by atoms with Crippen LogP contribution in [-0.2, 0) is 0 Å². The van der Waals surface area contributed by atoms with Crippen molar-refractivity contribution < 1.29 is 0 Å². The molecule has 42 heavy (non-hydrogen) atoms. The third-order valence-corrected chi connectivity index (χ3v) is 7.31. The summed E-state index contributed by atoms with van der Waals surface area (Å²) in [5.74, 6) is 0. The Bertz CT molecular complexity index is 1510. The van der Waals surface area contributed by atoms with Crippen molar-refractivity contribution >= 4 is 11.4 Å². The van der Waals surface area contributed by atoms with E-state index in [2.05, 4.69) is 158 Å². The lowest BCUT2D eigenvalue weighted by molar-refractivity contribution is 0.580. The van der Waals surface area contributed by atoms with E-state index in [0.29, 0.717) is 0 Å². The Morgan fingerprint density at radius 3 is 0.738 bits per heavy atom. The van der Waals surface area contributed by atoms with E-state index in [1.165, 1.54) is 0 Å². The van der Waals surface area contributed by atoms with Gasteiger partial charge in [-0.05, 0) is 11.1 Å². The summed E-state index contributed by atoms with van der Waals surface area (Å²) in [5.41, 5.74) is 8.42. The highest BCUT2D eigenvalue weighted by Gasteiger charge is 2.27. The van der Waals surface area contributed by atoms with Crippen LogP contribution in [-0.4, -0.2) is 11.4 Å². The second kappa shape index (κ2) is 13.3. The minimum Gasteiger partial charge on any atom is -0.273 e. The zero-order chi connectivity index (χ0) is 28.4. The third kappa shape index (κ3) is 6.35. The maximum atomic E-state index is 5.61. The van der Waals surface area contributed by atoms with Gasteiger partial charge in [-0.2, -0.15) is 0 Å². The molecule has 0 fully saturated rings. The lowest BCUT2D eigenvalue weighted by Gasteiger charge is -2.25. The Labute approximate surface area is 248 Å². The molecule has 0 aliphatic carbocycles. The van der Waals surface area contributed by atoms with Crippen LogP contribution in [0.3, 0.4) is 0 Å². The van der Waals surface area contributed by atoms with Gasteiger partial charge in [-0.3, -0.25) is 9.98 Å². The van der Waals surface area contributed by atoms with E-state index in [1.807, 2.05) is 24.3 Å². The lowest BCUT2D eigenvalue weighted by atomic mass is 9.92. The monoisotopic (exact) mass is 540 g/mol. The van der Waals surface area contributed by atoms with Gasteiger partial charge in [0.25, 0.3) is 0 Å². The van der Waals surface area contributed by atoms with Crippen LogP contribution in [0.4, 0.5) is 0 Å². The quantitative estimate of drug-likeness (QED) is 0.163. The average Bonchev–Trinajstić information content (AvgIpc) is 3.09. The van der Waals surface area contributed by atoms with E-state index >= 15 is 0 Å². The van der Waals surface area contributed by atoms with Crippen LogP contribution in [0.5, 0.6) is 0 Å². The van der Waals surface area contributed by atoms with Gasteiger partial charge in [0.2, 0.25) is 0 Å². The molecule has 6 aromatic carbocycles. The number of hydrogen-bond acceptors (Lipinski definition) is 2. The SMILES string of the molecule is c1ccc(C(=N[C@@H](c2ccccc2)[C@@H](N=C(c2ccccc2)c2ccccc2)c2ccccc2)c2ccccc2)cc1. The fraction of sp³-hybridized carbons (Fsp3) is 0.0500. The summed E-state index contributed by atoms with van der Waals surface area (Å²) in [7, 11) is 0. The molecule has 0 heterocycles. The van der Waals surface area contributed by atoms with Crippen molar-refractivity contribution in [3.63, 3.8) is 0 Å². The molecular weight excluding hydrogens is 508 g/mol. The molecule has 0 spiro atoms. The first-order valence-electron chi connectivity index (χ1n) is 14.3. The molecule has 0 radical (unpaired) electrons. The molecule has 202 valence electrons. The smallest absolute Gasteiger partial charge is 0.102 e. The molecule has 0 N–H and O–H groups in total. The molecule has 2 atom stereocenters. The lowest BCUT2D eigenvalue weighted by Crippen LogP contribution is -2.15. The standard InChI is InChI=1S/C40H32N2/c1-7-19-31(20-8-1)37(32-21-9-2-10-22-32)41-39(35-27-15-5-16-28-35)40(36-29-17-6-18-30-36)42-38(33-23-11-3-12-24-33)34-25-13-4-14-26-34/h1-30,39-40H/t39-,40-/m0/s1. The summed E-state index contributed by atoms with van der Waals surface area (Å²) in [4.78, 5) is 11.2. The van der Waals surface area contributed by atoms with E-state index in [4.69, 9.17) is 9.98 Å². The predicted octanol–water partition coefficient (Wildman–Crippen LogP) is 9.54. The number of hydrogen-bond donors (Lipinski definition) is 0. The number of benzene rings is 6. The van der Waals surface area contributed by atoms with Crippen LogP contribution in [0.2, 0.25) is 0 Å². The van der Waals surface area contributed by atoms with Gasteiger partial charge in [0.15, 0.2) is 0 Å². The van der Waals surface area contributed by atoms with Crippen LogP contribution in [0.1, 0.15) is 45.5 Å². The summed E-state index contributed by atoms with van der Waals surface area (Å²) in [6.07, 6.45) is 0. The molecule has 0 unspecified atom stereocenters. The normalized spacial score (nSPS) is 12.1. The van der Waals surface area contributed by atoms with Gasteiger partial charge in [0.05, 0.1) is 11.4 Å². The Morgan fingerprint density at radius 2 is 0.500 bits per heavy atom. The Morgan fingerprint density at radius 1 is 0.286 bits per heavy atom. The molecular formula is C40H32N2. The van der Waals surface area contributed by atoms with Crippen molar-refractivity contribution in [2.45, 2.75) is 12.1 Å². The van der Waals surface area contributed by atoms with Crippen molar-refractivity contribution in [3.05, 3.63) is 215 Å². The summed E-state index contributed by atoms with van der Waals surface area (Å²) in [6.45, 7) is 0. The van der Waals surface area contributed by atoms with Gasteiger partial charge < -0.3 is 0 Å². The van der Waals surface area contributed by atoms with Crippen molar-refractivity contribution in [2.75, 3.05) is 0 Å². The van der Waals surface area contributed by atoms with Crippen molar-refractivity contribution in [1.29, 1.82) is 0 Å². The summed E-state index contributed by atoms with van der Waals surface area (Å²) in [5, 5.41) is 0. The highest BCUT2D eigenvalue weighted by Crippen LogP contribution is 2.38. The number of rotatable bonds is 9. The minimum atomic E-state index is -0.286. The van der Waals surface area contributed by atoms with Crippen molar-refractivity contribution in [3.8, 4) is 0 Å². The van der Waals surface area contributed by atoms with Gasteiger partial charge in [0, 0.05) is 22.3 Å². The zero-order valence-corrected chi connectivity index (χ0v) is 23.4. The molecule has 0 aliphatic rings. The Hall–Kier alpha value is -5.34. The van der Waals surface area contributed by atoms with Crippen LogP contribution in [0, 0.1) is 0 Å². The van der Waals surface area contributed by atoms with Crippen LogP contribution < -0.4 is 0 Å². The fourth-order valence-electron chi connectivity index (χ4n) is 5.25. The molecule has 0 bridgehead atoms. The van der Waals surface area contributed by atoms with E-state index in [1.54, 1.807) is 0 Å². The molecule has 6 rings (SSSR count). The first kappa shape index (κ1) is 26.9. The van der Waals surface area contributed by atoms with E-state index < -0.39 is 0 Å². The van der Waals surface area contributed by atoms with Gasteiger partial charge in [-0.25, -0.2) is 0 Å². The number of nitrogens with zero attached hydrogens (tertiary/aromatic N) is 2. The van der Waals surface area contributed by atoms with Gasteiger partial charge in [-0.15, -0.1) is 0 Å². The molecule has 0 amide bonds. The second-order valence-corrected chi connectivity index (χ2v) is 10.1. The topological polar surface area (TPSA) is 24.7 Å².